The van der Waals surface area contributed by atoms with Gasteiger partial charge in [-0.25, -0.2) is 0 Å². The molecule has 4 rings (SSSR count). The Morgan fingerprint density at radius 3 is 1.83 bits per heavy atom. The molecule has 182 valence electrons. The number of hydrogen-bond donors (Lipinski definition) is 1. The van der Waals surface area contributed by atoms with E-state index in [9.17, 15) is 9.59 Å². The lowest BCUT2D eigenvalue weighted by Gasteiger charge is -2.40. The number of piperazine rings is 1. The van der Waals surface area contributed by atoms with Gasteiger partial charge in [0.15, 0.2) is 0 Å². The minimum absolute atomic E-state index is 0.0129. The first-order valence-corrected chi connectivity index (χ1v) is 13.5. The number of rotatable bonds is 9. The van der Waals surface area contributed by atoms with Gasteiger partial charge in [-0.3, -0.25) is 14.5 Å². The molecular weight excluding hydrogens is 454 g/mol. The Balaban J connectivity index is 1.44. The van der Waals surface area contributed by atoms with Crippen LogP contribution in [0, 0.1) is 0 Å². The van der Waals surface area contributed by atoms with Crippen molar-refractivity contribution in [3.05, 3.63) is 108 Å². The van der Waals surface area contributed by atoms with Crippen LogP contribution in [-0.2, 0) is 4.79 Å². The van der Waals surface area contributed by atoms with Crippen LogP contribution in [0.25, 0.3) is 0 Å². The zero-order valence-corrected chi connectivity index (χ0v) is 21.0. The monoisotopic (exact) mass is 487 g/mol. The fourth-order valence-corrected chi connectivity index (χ4v) is 5.10. The van der Waals surface area contributed by atoms with E-state index in [-0.39, 0.29) is 17.9 Å². The predicted octanol–water partition coefficient (Wildman–Crippen LogP) is 4.47. The van der Waals surface area contributed by atoms with Crippen molar-refractivity contribution < 1.29 is 9.59 Å². The third kappa shape index (κ3) is 6.53. The van der Waals surface area contributed by atoms with Gasteiger partial charge in [-0.1, -0.05) is 78.9 Å². The summed E-state index contributed by atoms with van der Waals surface area (Å²) in [4.78, 5) is 30.6. The average Bonchev–Trinajstić information content (AvgIpc) is 2.93. The third-order valence-corrected chi connectivity index (χ3v) is 7.12. The van der Waals surface area contributed by atoms with Gasteiger partial charge in [-0.05, 0) is 41.7 Å². The highest BCUT2D eigenvalue weighted by Crippen LogP contribution is 2.29. The second-order valence-corrected chi connectivity index (χ2v) is 9.74. The normalized spacial score (nSPS) is 15.1. The summed E-state index contributed by atoms with van der Waals surface area (Å²) in [5.41, 5.74) is 3.09. The molecule has 0 unspecified atom stereocenters. The fraction of sp³-hybridized carbons (Fsp3) is 0.310. The van der Waals surface area contributed by atoms with E-state index >= 15 is 0 Å². The minimum atomic E-state index is -0.513. The number of hydrogen-bond acceptors (Lipinski definition) is 4. The van der Waals surface area contributed by atoms with Crippen LogP contribution < -0.4 is 5.32 Å². The maximum Gasteiger partial charge on any atom is 0.251 e. The average molecular weight is 488 g/mol. The molecule has 1 saturated heterocycles. The molecule has 0 radical (unpaired) electrons. The van der Waals surface area contributed by atoms with Crippen LogP contribution in [0.15, 0.2) is 91.0 Å². The molecule has 1 atom stereocenters. The molecule has 1 aliphatic rings. The summed E-state index contributed by atoms with van der Waals surface area (Å²) >= 11 is 1.69. The zero-order chi connectivity index (χ0) is 24.5. The van der Waals surface area contributed by atoms with E-state index in [1.54, 1.807) is 23.9 Å². The smallest absolute Gasteiger partial charge is 0.251 e. The number of carbonyl (C=O) groups is 2. The molecule has 0 saturated carbocycles. The first kappa shape index (κ1) is 25.0. The molecule has 3 aromatic carbocycles. The number of carbonyl (C=O) groups excluding carboxylic acids is 2. The largest absolute Gasteiger partial charge is 0.340 e. The van der Waals surface area contributed by atoms with E-state index in [1.807, 2.05) is 41.5 Å². The van der Waals surface area contributed by atoms with Crippen molar-refractivity contribution >= 4 is 23.6 Å². The Morgan fingerprint density at radius 1 is 0.800 bits per heavy atom. The molecule has 1 fully saturated rings. The molecule has 0 aromatic heterocycles. The van der Waals surface area contributed by atoms with Crippen molar-refractivity contribution in [2.75, 3.05) is 38.2 Å². The third-order valence-electron chi connectivity index (χ3n) is 6.47. The predicted molar refractivity (Wildman–Crippen MR) is 144 cm³/mol. The zero-order valence-electron chi connectivity index (χ0n) is 20.2. The molecule has 1 heterocycles. The van der Waals surface area contributed by atoms with Crippen LogP contribution in [0.1, 0.15) is 33.9 Å². The van der Waals surface area contributed by atoms with Gasteiger partial charge in [0, 0.05) is 31.7 Å². The maximum absolute atomic E-state index is 13.5. The summed E-state index contributed by atoms with van der Waals surface area (Å²) < 4.78 is 0. The number of thioether (sulfide) groups is 1. The highest BCUT2D eigenvalue weighted by atomic mass is 32.2. The van der Waals surface area contributed by atoms with E-state index in [2.05, 4.69) is 58.7 Å². The molecule has 35 heavy (non-hydrogen) atoms. The first-order chi connectivity index (χ1) is 17.2. The van der Waals surface area contributed by atoms with Crippen molar-refractivity contribution in [2.24, 2.45) is 0 Å². The number of nitrogens with zero attached hydrogens (tertiary/aromatic N) is 2. The van der Waals surface area contributed by atoms with Crippen molar-refractivity contribution in [2.45, 2.75) is 18.5 Å². The van der Waals surface area contributed by atoms with Crippen molar-refractivity contribution in [3.63, 3.8) is 0 Å². The van der Waals surface area contributed by atoms with E-state index < -0.39 is 6.04 Å². The second-order valence-electron chi connectivity index (χ2n) is 8.76. The molecule has 2 amide bonds. The lowest BCUT2D eigenvalue weighted by Crippen LogP contribution is -2.55. The van der Waals surface area contributed by atoms with Crippen LogP contribution >= 0.6 is 11.8 Å². The van der Waals surface area contributed by atoms with Gasteiger partial charge in [0.2, 0.25) is 5.91 Å². The highest BCUT2D eigenvalue weighted by Gasteiger charge is 2.31. The van der Waals surface area contributed by atoms with Crippen LogP contribution in [0.4, 0.5) is 0 Å². The summed E-state index contributed by atoms with van der Waals surface area (Å²) in [5.74, 6) is 0.631. The van der Waals surface area contributed by atoms with Gasteiger partial charge in [0.05, 0.1) is 6.04 Å². The maximum atomic E-state index is 13.5. The van der Waals surface area contributed by atoms with Crippen LogP contribution in [0.3, 0.4) is 0 Å². The van der Waals surface area contributed by atoms with Gasteiger partial charge in [0.1, 0.15) is 6.04 Å². The van der Waals surface area contributed by atoms with Gasteiger partial charge >= 0.3 is 0 Å². The van der Waals surface area contributed by atoms with Crippen LogP contribution in [0.2, 0.25) is 0 Å². The fourth-order valence-electron chi connectivity index (χ4n) is 4.63. The van der Waals surface area contributed by atoms with E-state index in [1.165, 1.54) is 11.1 Å². The summed E-state index contributed by atoms with van der Waals surface area (Å²) in [6.07, 6.45) is 2.64. The van der Waals surface area contributed by atoms with E-state index in [0.29, 0.717) is 25.1 Å². The van der Waals surface area contributed by atoms with Crippen molar-refractivity contribution in [3.8, 4) is 0 Å². The van der Waals surface area contributed by atoms with Gasteiger partial charge < -0.3 is 10.2 Å². The van der Waals surface area contributed by atoms with Gasteiger partial charge in [-0.15, -0.1) is 0 Å². The Kier molecular flexibility index (Phi) is 8.98. The van der Waals surface area contributed by atoms with Crippen LogP contribution in [-0.4, -0.2) is 65.8 Å². The van der Waals surface area contributed by atoms with Crippen molar-refractivity contribution in [1.29, 1.82) is 0 Å². The molecule has 3 aromatic rings. The number of amides is 2. The Hall–Kier alpha value is -3.09. The molecule has 0 spiro atoms. The quantitative estimate of drug-likeness (QED) is 0.484. The number of nitrogens with one attached hydrogen (secondary N) is 1. The summed E-state index contributed by atoms with van der Waals surface area (Å²) in [6.45, 7) is 2.85. The summed E-state index contributed by atoms with van der Waals surface area (Å²) in [5, 5.41) is 2.99. The van der Waals surface area contributed by atoms with Gasteiger partial charge in [-0.2, -0.15) is 11.8 Å². The summed E-state index contributed by atoms with van der Waals surface area (Å²) in [6, 6.07) is 29.8. The molecule has 5 nitrogen and oxygen atoms in total. The lowest BCUT2D eigenvalue weighted by molar-refractivity contribution is -0.135. The second kappa shape index (κ2) is 12.6. The van der Waals surface area contributed by atoms with Gasteiger partial charge in [0.25, 0.3) is 5.91 Å². The van der Waals surface area contributed by atoms with Crippen molar-refractivity contribution in [1.82, 2.24) is 15.1 Å². The molecule has 1 aliphatic heterocycles. The molecule has 1 N–H and O–H groups in total. The van der Waals surface area contributed by atoms with E-state index in [0.717, 1.165) is 18.8 Å². The van der Waals surface area contributed by atoms with E-state index in [4.69, 9.17) is 0 Å². The number of benzene rings is 3. The highest BCUT2D eigenvalue weighted by molar-refractivity contribution is 7.98. The molecular formula is C29H33N3O2S. The SMILES string of the molecule is CSCC[C@H](NC(=O)c1ccccc1)C(=O)N1CCN(C(c2ccccc2)c2ccccc2)CC1. The Bertz CT molecular complexity index is 1030. The van der Waals surface area contributed by atoms with Crippen LogP contribution in [0.5, 0.6) is 0 Å². The molecule has 6 heteroatoms. The summed E-state index contributed by atoms with van der Waals surface area (Å²) in [7, 11) is 0. The lowest BCUT2D eigenvalue weighted by atomic mass is 9.96. The molecule has 0 bridgehead atoms. The molecule has 0 aliphatic carbocycles. The Morgan fingerprint density at radius 2 is 1.31 bits per heavy atom. The first-order valence-electron chi connectivity index (χ1n) is 12.1. The standard InChI is InChI=1S/C29H33N3O2S/c1-35-22-17-26(30-28(33)25-15-9-4-10-16-25)29(34)32-20-18-31(19-21-32)27(23-11-5-2-6-12-23)24-13-7-3-8-14-24/h2-16,26-27H,17-22H2,1H3,(H,30,33)/t26-/m0/s1. The Labute approximate surface area is 212 Å². The minimum Gasteiger partial charge on any atom is -0.340 e. The topological polar surface area (TPSA) is 52.7 Å².